The van der Waals surface area contributed by atoms with E-state index in [9.17, 15) is 8.76 Å². The third-order valence-electron chi connectivity index (χ3n) is 5.65. The highest BCUT2D eigenvalue weighted by molar-refractivity contribution is 7.79. The molecule has 0 spiro atoms. The van der Waals surface area contributed by atoms with Gasteiger partial charge in [0.1, 0.15) is 5.82 Å². The fourth-order valence-corrected chi connectivity index (χ4v) is 4.81. The Morgan fingerprint density at radius 1 is 1.03 bits per heavy atom. The minimum absolute atomic E-state index is 0.0790. The van der Waals surface area contributed by atoms with Crippen molar-refractivity contribution in [2.24, 2.45) is 7.05 Å². The molecular formula is C21H21ClN7O2S-. The molecule has 0 radical (unpaired) electrons. The zero-order valence-corrected chi connectivity index (χ0v) is 19.0. The number of rotatable bonds is 5. The summed E-state index contributed by atoms with van der Waals surface area (Å²) in [5.41, 5.74) is 4.68. The number of aryl methyl sites for hydroxylation is 1. The molecule has 5 rings (SSSR count). The van der Waals surface area contributed by atoms with Crippen molar-refractivity contribution < 1.29 is 8.76 Å². The lowest BCUT2D eigenvalue weighted by Crippen LogP contribution is -2.47. The molecule has 32 heavy (non-hydrogen) atoms. The van der Waals surface area contributed by atoms with Crippen molar-refractivity contribution in [3.63, 3.8) is 0 Å². The van der Waals surface area contributed by atoms with E-state index in [2.05, 4.69) is 26.1 Å². The third-order valence-corrected chi connectivity index (χ3v) is 6.50. The Kier molecular flexibility index (Phi) is 5.68. The van der Waals surface area contributed by atoms with Gasteiger partial charge in [0, 0.05) is 74.1 Å². The van der Waals surface area contributed by atoms with Gasteiger partial charge < -0.3 is 9.45 Å². The quantitative estimate of drug-likeness (QED) is 0.413. The van der Waals surface area contributed by atoms with E-state index in [-0.39, 0.29) is 5.88 Å². The van der Waals surface area contributed by atoms with Crippen molar-refractivity contribution in [2.45, 2.75) is 0 Å². The van der Waals surface area contributed by atoms with Crippen LogP contribution in [0, 0.1) is 0 Å². The van der Waals surface area contributed by atoms with Gasteiger partial charge in [-0.3, -0.25) is 13.8 Å². The summed E-state index contributed by atoms with van der Waals surface area (Å²) in [5.74, 6) is 0.950. The number of nitrogens with zero attached hydrogens (tertiary/aromatic N) is 7. The molecule has 0 amide bonds. The zero-order valence-electron chi connectivity index (χ0n) is 17.4. The minimum atomic E-state index is -2.05. The Bertz CT molecular complexity index is 1280. The van der Waals surface area contributed by atoms with Crippen LogP contribution < -0.4 is 4.90 Å². The molecule has 0 N–H and O–H groups in total. The molecule has 0 aliphatic carbocycles. The van der Waals surface area contributed by atoms with E-state index in [1.54, 1.807) is 15.4 Å². The number of hydrogen-bond donors (Lipinski definition) is 0. The molecule has 1 fully saturated rings. The van der Waals surface area contributed by atoms with Crippen LogP contribution in [0.25, 0.3) is 27.8 Å². The Morgan fingerprint density at radius 2 is 1.84 bits per heavy atom. The second kappa shape index (κ2) is 8.62. The summed E-state index contributed by atoms with van der Waals surface area (Å²) in [4.78, 5) is 8.78. The van der Waals surface area contributed by atoms with Crippen LogP contribution in [-0.2, 0) is 18.1 Å². The molecule has 1 aliphatic rings. The molecule has 1 aliphatic heterocycles. The molecule has 9 nitrogen and oxygen atoms in total. The van der Waals surface area contributed by atoms with Crippen LogP contribution in [0.5, 0.6) is 0 Å². The number of hydrogen-bond acceptors (Lipinski definition) is 7. The van der Waals surface area contributed by atoms with Crippen molar-refractivity contribution in [3.8, 4) is 22.3 Å². The largest absolute Gasteiger partial charge is 0.771 e. The van der Waals surface area contributed by atoms with E-state index in [0.717, 1.165) is 46.7 Å². The first kappa shape index (κ1) is 21.1. The Labute approximate surface area is 192 Å². The van der Waals surface area contributed by atoms with Crippen molar-refractivity contribution in [2.75, 3.05) is 37.0 Å². The zero-order chi connectivity index (χ0) is 22.2. The average molecular weight is 471 g/mol. The third kappa shape index (κ3) is 4.14. The number of anilines is 1. The molecule has 1 unspecified atom stereocenters. The normalized spacial score (nSPS) is 16.0. The lowest BCUT2D eigenvalue weighted by atomic mass is 10.0. The summed E-state index contributed by atoms with van der Waals surface area (Å²) in [6.45, 7) is 2.85. The molecular weight excluding hydrogens is 450 g/mol. The van der Waals surface area contributed by atoms with Gasteiger partial charge in [-0.1, -0.05) is 11.6 Å². The molecule has 11 heteroatoms. The number of aromatic nitrogens is 5. The summed E-state index contributed by atoms with van der Waals surface area (Å²) in [6, 6.07) is 6.11. The second-order valence-electron chi connectivity index (χ2n) is 7.77. The maximum atomic E-state index is 10.9. The van der Waals surface area contributed by atoms with Gasteiger partial charge >= 0.3 is 0 Å². The van der Waals surface area contributed by atoms with Crippen molar-refractivity contribution in [1.29, 1.82) is 0 Å². The first-order valence-corrected chi connectivity index (χ1v) is 11.8. The monoisotopic (exact) mass is 470 g/mol. The summed E-state index contributed by atoms with van der Waals surface area (Å²) in [6.07, 6.45) is 9.21. The second-order valence-corrected chi connectivity index (χ2v) is 9.05. The summed E-state index contributed by atoms with van der Waals surface area (Å²) in [7, 11) is 1.89. The van der Waals surface area contributed by atoms with Crippen LogP contribution >= 0.6 is 11.6 Å². The summed E-state index contributed by atoms with van der Waals surface area (Å²) >= 11 is 4.41. The fraction of sp³-hybridized carbons (Fsp3) is 0.286. The minimum Gasteiger partial charge on any atom is -0.771 e. The molecule has 4 aromatic rings. The molecule has 5 heterocycles. The fourth-order valence-electron chi connectivity index (χ4n) is 4.02. The van der Waals surface area contributed by atoms with E-state index < -0.39 is 11.1 Å². The summed E-state index contributed by atoms with van der Waals surface area (Å²) < 4.78 is 25.4. The first-order chi connectivity index (χ1) is 15.5. The molecule has 0 bridgehead atoms. The van der Waals surface area contributed by atoms with Gasteiger partial charge in [-0.2, -0.15) is 10.2 Å². The van der Waals surface area contributed by atoms with Crippen LogP contribution in [-0.4, -0.2) is 70.1 Å². The highest BCUT2D eigenvalue weighted by Gasteiger charge is 2.19. The first-order valence-electron chi connectivity index (χ1n) is 10.1. The average Bonchev–Trinajstić information content (AvgIpc) is 3.39. The van der Waals surface area contributed by atoms with Crippen LogP contribution in [0.2, 0.25) is 5.02 Å². The van der Waals surface area contributed by atoms with Gasteiger partial charge in [-0.25, -0.2) is 9.50 Å². The molecule has 1 saturated heterocycles. The van der Waals surface area contributed by atoms with Gasteiger partial charge in [-0.05, 0) is 29.3 Å². The Balaban J connectivity index is 1.44. The van der Waals surface area contributed by atoms with Crippen molar-refractivity contribution >= 4 is 34.0 Å². The van der Waals surface area contributed by atoms with E-state index >= 15 is 0 Å². The van der Waals surface area contributed by atoms with Crippen molar-refractivity contribution in [3.05, 3.63) is 54.2 Å². The van der Waals surface area contributed by atoms with E-state index in [0.29, 0.717) is 18.1 Å². The molecule has 1 atom stereocenters. The predicted octanol–water partition coefficient (Wildman–Crippen LogP) is 2.41. The molecule has 4 aromatic heterocycles. The number of pyridine rings is 2. The van der Waals surface area contributed by atoms with Crippen LogP contribution in [0.15, 0.2) is 49.2 Å². The van der Waals surface area contributed by atoms with Crippen LogP contribution in [0.4, 0.5) is 5.82 Å². The maximum Gasteiger partial charge on any atom is 0.128 e. The van der Waals surface area contributed by atoms with Crippen LogP contribution in [0.3, 0.4) is 0 Å². The Hall–Kier alpha value is -2.79. The standard InChI is InChI=1S/C21H22ClN7O2S/c1-26-12-17(10-24-26)16-8-18(21-19(22)11-25-29(21)13-16)15-2-3-20(23-9-15)28-6-4-27(5-7-28)14-32(30)31/h2-3,8-13H,4-7,14H2,1H3,(H,30,31)/p-1. The van der Waals surface area contributed by atoms with E-state index in [4.69, 9.17) is 11.6 Å². The molecule has 0 saturated carbocycles. The SMILES string of the molecule is Cn1cc(-c2cc(-c3ccc(N4CCN(CS(=O)[O-])CC4)nc3)c3c(Cl)cnn3c2)cn1. The van der Waals surface area contributed by atoms with E-state index in [1.165, 1.54) is 0 Å². The Morgan fingerprint density at radius 3 is 2.50 bits per heavy atom. The predicted molar refractivity (Wildman–Crippen MR) is 123 cm³/mol. The highest BCUT2D eigenvalue weighted by Crippen LogP contribution is 2.34. The lowest BCUT2D eigenvalue weighted by Gasteiger charge is -2.35. The van der Waals surface area contributed by atoms with Gasteiger partial charge in [0.05, 0.1) is 28.8 Å². The smallest absolute Gasteiger partial charge is 0.128 e. The number of halogens is 1. The van der Waals surface area contributed by atoms with E-state index in [1.807, 2.05) is 48.9 Å². The molecule has 166 valence electrons. The van der Waals surface area contributed by atoms with Gasteiger partial charge in [0.25, 0.3) is 0 Å². The maximum absolute atomic E-state index is 10.9. The number of piperazine rings is 1. The topological polar surface area (TPSA) is 94.6 Å². The lowest BCUT2D eigenvalue weighted by molar-refractivity contribution is 0.291. The van der Waals surface area contributed by atoms with Gasteiger partial charge in [0.2, 0.25) is 0 Å². The van der Waals surface area contributed by atoms with Gasteiger partial charge in [0.15, 0.2) is 0 Å². The number of fused-ring (bicyclic) bond motifs is 1. The highest BCUT2D eigenvalue weighted by atomic mass is 35.5. The van der Waals surface area contributed by atoms with Gasteiger partial charge in [-0.15, -0.1) is 0 Å². The van der Waals surface area contributed by atoms with Crippen LogP contribution in [0.1, 0.15) is 0 Å². The van der Waals surface area contributed by atoms with Crippen molar-refractivity contribution in [1.82, 2.24) is 29.3 Å². The summed E-state index contributed by atoms with van der Waals surface area (Å²) in [5, 5.41) is 9.24. The molecule has 0 aromatic carbocycles.